The van der Waals surface area contributed by atoms with Crippen molar-refractivity contribution in [3.63, 3.8) is 0 Å². The highest BCUT2D eigenvalue weighted by Crippen LogP contribution is 2.38. The average molecular weight is 342 g/mol. The Labute approximate surface area is 144 Å². The van der Waals surface area contributed by atoms with Gasteiger partial charge in [0.05, 0.1) is 51.9 Å². The molecule has 0 radical (unpaired) electrons. The van der Waals surface area contributed by atoms with Crippen molar-refractivity contribution in [3.05, 3.63) is 47.8 Å². The molecule has 3 rings (SSSR count). The first kappa shape index (κ1) is 16.6. The maximum Gasteiger partial charge on any atom is 0.203 e. The van der Waals surface area contributed by atoms with Crippen LogP contribution in [0.4, 0.5) is 0 Å². The summed E-state index contributed by atoms with van der Waals surface area (Å²) in [7, 11) is 6.10. The topological polar surface area (TPSA) is 71.3 Å². The highest BCUT2D eigenvalue weighted by atomic mass is 16.5. The standard InChI is InChI=1S/C18H18N2O5/c1-22-12-5-6-14-13(9-19-20(14)10-12)17(21)11-7-15(23-2)18(25-4)16(8-11)24-3/h5-10H,1-4H3. The SMILES string of the molecule is COc1ccc2c(C(=O)c3cc(OC)c(OC)c(OC)c3)cnn2c1. The summed E-state index contributed by atoms with van der Waals surface area (Å²) in [5.74, 6) is 1.74. The normalized spacial score (nSPS) is 10.6. The minimum absolute atomic E-state index is 0.195. The van der Waals surface area contributed by atoms with E-state index in [9.17, 15) is 4.79 Å². The fraction of sp³-hybridized carbons (Fsp3) is 0.222. The van der Waals surface area contributed by atoms with E-state index in [2.05, 4.69) is 5.10 Å². The van der Waals surface area contributed by atoms with Crippen molar-refractivity contribution < 1.29 is 23.7 Å². The number of hydrogen-bond donors (Lipinski definition) is 0. The molecule has 0 N–H and O–H groups in total. The fourth-order valence-electron chi connectivity index (χ4n) is 2.63. The number of carbonyl (C=O) groups is 1. The van der Waals surface area contributed by atoms with Crippen LogP contribution in [0.5, 0.6) is 23.0 Å². The third kappa shape index (κ3) is 2.84. The summed E-state index contributed by atoms with van der Waals surface area (Å²) < 4.78 is 22.7. The van der Waals surface area contributed by atoms with E-state index in [4.69, 9.17) is 18.9 Å². The maximum absolute atomic E-state index is 13.0. The van der Waals surface area contributed by atoms with Crippen LogP contribution in [0, 0.1) is 0 Å². The average Bonchev–Trinajstić information content (AvgIpc) is 3.08. The minimum atomic E-state index is -0.195. The Morgan fingerprint density at radius 2 is 1.64 bits per heavy atom. The largest absolute Gasteiger partial charge is 0.495 e. The van der Waals surface area contributed by atoms with Gasteiger partial charge in [0.15, 0.2) is 17.3 Å². The summed E-state index contributed by atoms with van der Waals surface area (Å²) in [6.07, 6.45) is 3.24. The van der Waals surface area contributed by atoms with Gasteiger partial charge in [-0.2, -0.15) is 5.10 Å². The van der Waals surface area contributed by atoms with Crippen LogP contribution in [-0.4, -0.2) is 43.8 Å². The molecule has 0 aliphatic carbocycles. The molecule has 3 aromatic rings. The van der Waals surface area contributed by atoms with E-state index in [1.807, 2.05) is 0 Å². The molecule has 2 heterocycles. The number of pyridine rings is 1. The van der Waals surface area contributed by atoms with E-state index in [0.29, 0.717) is 39.6 Å². The molecule has 0 atom stereocenters. The second-order valence-corrected chi connectivity index (χ2v) is 5.20. The Kier molecular flexibility index (Phi) is 4.47. The minimum Gasteiger partial charge on any atom is -0.495 e. The molecule has 130 valence electrons. The van der Waals surface area contributed by atoms with Crippen molar-refractivity contribution in [2.24, 2.45) is 0 Å². The van der Waals surface area contributed by atoms with Crippen molar-refractivity contribution in [2.45, 2.75) is 0 Å². The first-order valence-corrected chi connectivity index (χ1v) is 7.49. The van der Waals surface area contributed by atoms with E-state index in [1.165, 1.54) is 27.5 Å². The third-order valence-corrected chi connectivity index (χ3v) is 3.90. The summed E-state index contributed by atoms with van der Waals surface area (Å²) in [5, 5.41) is 4.22. The molecule has 0 fully saturated rings. The molecular formula is C18H18N2O5. The number of ether oxygens (including phenoxy) is 4. The molecule has 0 spiro atoms. The van der Waals surface area contributed by atoms with Crippen LogP contribution in [-0.2, 0) is 0 Å². The number of methoxy groups -OCH3 is 4. The van der Waals surface area contributed by atoms with Gasteiger partial charge in [0, 0.05) is 5.56 Å². The molecule has 0 bridgehead atoms. The van der Waals surface area contributed by atoms with Gasteiger partial charge in [-0.25, -0.2) is 4.52 Å². The van der Waals surface area contributed by atoms with E-state index in [0.717, 1.165) is 0 Å². The molecule has 1 aromatic carbocycles. The molecular weight excluding hydrogens is 324 g/mol. The summed E-state index contributed by atoms with van der Waals surface area (Å²) in [4.78, 5) is 13.0. The number of nitrogens with zero attached hydrogens (tertiary/aromatic N) is 2. The number of ketones is 1. The Balaban J connectivity index is 2.09. The monoisotopic (exact) mass is 342 g/mol. The molecule has 7 heteroatoms. The molecule has 0 saturated heterocycles. The van der Waals surface area contributed by atoms with Crippen molar-refractivity contribution in [2.75, 3.05) is 28.4 Å². The van der Waals surface area contributed by atoms with Crippen LogP contribution in [0.25, 0.3) is 5.52 Å². The number of carbonyl (C=O) groups excluding carboxylic acids is 1. The lowest BCUT2D eigenvalue weighted by atomic mass is 10.0. The lowest BCUT2D eigenvalue weighted by molar-refractivity contribution is 0.103. The van der Waals surface area contributed by atoms with Crippen molar-refractivity contribution in [1.29, 1.82) is 0 Å². The van der Waals surface area contributed by atoms with Gasteiger partial charge in [0.1, 0.15) is 5.75 Å². The van der Waals surface area contributed by atoms with Gasteiger partial charge in [-0.15, -0.1) is 0 Å². The zero-order valence-electron chi connectivity index (χ0n) is 14.4. The van der Waals surface area contributed by atoms with Gasteiger partial charge in [0.2, 0.25) is 5.75 Å². The summed E-state index contributed by atoms with van der Waals surface area (Å²) >= 11 is 0. The number of hydrogen-bond acceptors (Lipinski definition) is 6. The second-order valence-electron chi connectivity index (χ2n) is 5.20. The molecule has 2 aromatic heterocycles. The zero-order valence-corrected chi connectivity index (χ0v) is 14.4. The van der Waals surface area contributed by atoms with E-state index in [1.54, 1.807) is 42.1 Å². The third-order valence-electron chi connectivity index (χ3n) is 3.90. The van der Waals surface area contributed by atoms with Gasteiger partial charge in [-0.3, -0.25) is 4.79 Å². The van der Waals surface area contributed by atoms with E-state index < -0.39 is 0 Å². The first-order valence-electron chi connectivity index (χ1n) is 7.49. The highest BCUT2D eigenvalue weighted by molar-refractivity contribution is 6.13. The van der Waals surface area contributed by atoms with Gasteiger partial charge in [-0.1, -0.05) is 0 Å². The number of benzene rings is 1. The summed E-state index contributed by atoms with van der Waals surface area (Å²) in [6, 6.07) is 6.81. The second kappa shape index (κ2) is 6.72. The molecule has 0 amide bonds. The summed E-state index contributed by atoms with van der Waals surface area (Å²) in [6.45, 7) is 0. The first-order chi connectivity index (χ1) is 12.1. The predicted octanol–water partition coefficient (Wildman–Crippen LogP) is 2.60. The smallest absolute Gasteiger partial charge is 0.203 e. The summed E-state index contributed by atoms with van der Waals surface area (Å²) in [5.41, 5.74) is 1.57. The fourth-order valence-corrected chi connectivity index (χ4v) is 2.63. The molecule has 25 heavy (non-hydrogen) atoms. The number of rotatable bonds is 6. The Morgan fingerprint density at radius 1 is 0.960 bits per heavy atom. The number of fused-ring (bicyclic) bond motifs is 1. The van der Waals surface area contributed by atoms with Crippen LogP contribution in [0.2, 0.25) is 0 Å². The van der Waals surface area contributed by atoms with Gasteiger partial charge in [-0.05, 0) is 24.3 Å². The van der Waals surface area contributed by atoms with Crippen LogP contribution >= 0.6 is 0 Å². The molecule has 0 unspecified atom stereocenters. The molecule has 0 aliphatic rings. The maximum atomic E-state index is 13.0. The van der Waals surface area contributed by atoms with Crippen LogP contribution < -0.4 is 18.9 Å². The van der Waals surface area contributed by atoms with Crippen LogP contribution in [0.15, 0.2) is 36.7 Å². The molecule has 0 aliphatic heterocycles. The van der Waals surface area contributed by atoms with Gasteiger partial charge in [0.25, 0.3) is 0 Å². The lowest BCUT2D eigenvalue weighted by Crippen LogP contribution is -2.04. The van der Waals surface area contributed by atoms with Crippen molar-refractivity contribution >= 4 is 11.3 Å². The zero-order chi connectivity index (χ0) is 18.0. The quantitative estimate of drug-likeness (QED) is 0.641. The van der Waals surface area contributed by atoms with Gasteiger partial charge < -0.3 is 18.9 Å². The Bertz CT molecular complexity index is 907. The Hall–Kier alpha value is -3.22. The van der Waals surface area contributed by atoms with E-state index in [-0.39, 0.29) is 5.78 Å². The Morgan fingerprint density at radius 3 is 2.20 bits per heavy atom. The van der Waals surface area contributed by atoms with Crippen molar-refractivity contribution in [3.8, 4) is 23.0 Å². The predicted molar refractivity (Wildman–Crippen MR) is 91.3 cm³/mol. The van der Waals surface area contributed by atoms with Crippen LogP contribution in [0.1, 0.15) is 15.9 Å². The molecule has 7 nitrogen and oxygen atoms in total. The van der Waals surface area contributed by atoms with Crippen molar-refractivity contribution in [1.82, 2.24) is 9.61 Å². The van der Waals surface area contributed by atoms with Gasteiger partial charge >= 0.3 is 0 Å². The van der Waals surface area contributed by atoms with E-state index >= 15 is 0 Å². The number of aromatic nitrogens is 2. The lowest BCUT2D eigenvalue weighted by Gasteiger charge is -2.13. The highest BCUT2D eigenvalue weighted by Gasteiger charge is 2.20. The molecule has 0 saturated carbocycles. The van der Waals surface area contributed by atoms with Crippen LogP contribution in [0.3, 0.4) is 0 Å².